The van der Waals surface area contributed by atoms with E-state index in [1.54, 1.807) is 24.1 Å². The highest BCUT2D eigenvalue weighted by atomic mass is 32.2. The minimum atomic E-state index is -4.43. The Morgan fingerprint density at radius 2 is 1.71 bits per heavy atom. The number of sulfonamides is 1. The van der Waals surface area contributed by atoms with Crippen LogP contribution in [0.1, 0.15) is 72.0 Å². The largest absolute Gasteiger partial charge is 0.475 e. The lowest BCUT2D eigenvalue weighted by molar-refractivity contribution is -0.162. The smallest absolute Gasteiger partial charge is 0.399 e. The van der Waals surface area contributed by atoms with Crippen molar-refractivity contribution in [1.29, 1.82) is 0 Å². The van der Waals surface area contributed by atoms with Crippen LogP contribution in [0.5, 0.6) is 5.88 Å². The van der Waals surface area contributed by atoms with Crippen molar-refractivity contribution in [2.75, 3.05) is 24.5 Å². The number of nitrogens with one attached hydrogen (secondary N) is 1. The normalized spacial score (nSPS) is 21.9. The summed E-state index contributed by atoms with van der Waals surface area (Å²) in [7, 11) is -2.76. The molecule has 1 saturated carbocycles. The molecular weight excluding hydrogens is 748 g/mol. The second kappa shape index (κ2) is 13.8. The van der Waals surface area contributed by atoms with E-state index >= 15 is 4.79 Å². The van der Waals surface area contributed by atoms with Gasteiger partial charge in [0.2, 0.25) is 11.8 Å². The summed E-state index contributed by atoms with van der Waals surface area (Å²) in [6.45, 7) is 8.22. The Kier molecular flexibility index (Phi) is 9.34. The lowest BCUT2D eigenvalue weighted by atomic mass is 9.89. The van der Waals surface area contributed by atoms with Crippen molar-refractivity contribution in [3.63, 3.8) is 0 Å². The molecule has 1 aliphatic carbocycles. The summed E-state index contributed by atoms with van der Waals surface area (Å²) in [5, 5.41) is 0. The van der Waals surface area contributed by atoms with Crippen molar-refractivity contribution in [1.82, 2.24) is 29.4 Å². The van der Waals surface area contributed by atoms with Crippen LogP contribution < -0.4 is 9.46 Å². The van der Waals surface area contributed by atoms with Gasteiger partial charge in [-0.1, -0.05) is 38.1 Å². The molecule has 3 aromatic heterocycles. The summed E-state index contributed by atoms with van der Waals surface area (Å²) in [5.41, 5.74) is 2.16. The molecule has 4 bridgehead atoms. The molecule has 2 fully saturated rings. The average molecular weight is 790 g/mol. The molecule has 2 aromatic carbocycles. The number of nitrogens with zero attached hydrogens (tertiary/aromatic N) is 6. The predicted molar refractivity (Wildman–Crippen MR) is 202 cm³/mol. The Balaban J connectivity index is 1.29. The number of ether oxygens (including phenoxy) is 2. The molecule has 0 unspecified atom stereocenters. The molecule has 16 heteroatoms. The van der Waals surface area contributed by atoms with Gasteiger partial charge in [-0.05, 0) is 74.4 Å². The van der Waals surface area contributed by atoms with E-state index in [2.05, 4.69) is 33.5 Å². The molecule has 0 radical (unpaired) electrons. The van der Waals surface area contributed by atoms with E-state index in [1.807, 2.05) is 32.0 Å². The summed E-state index contributed by atoms with van der Waals surface area (Å²) >= 11 is 0. The van der Waals surface area contributed by atoms with Gasteiger partial charge in [0.25, 0.3) is 15.9 Å². The van der Waals surface area contributed by atoms with Crippen LogP contribution in [0.4, 0.5) is 19.1 Å². The molecule has 1 N–H and O–H groups in total. The van der Waals surface area contributed by atoms with Crippen molar-refractivity contribution < 1.29 is 35.9 Å². The minimum absolute atomic E-state index is 0.00526. The number of aromatic nitrogens is 5. The molecule has 1 amide bonds. The number of benzene rings is 2. The van der Waals surface area contributed by atoms with E-state index in [0.29, 0.717) is 23.3 Å². The van der Waals surface area contributed by atoms with Crippen LogP contribution in [0.3, 0.4) is 0 Å². The molecule has 56 heavy (non-hydrogen) atoms. The summed E-state index contributed by atoms with van der Waals surface area (Å²) in [5.74, 6) is -0.662. The Morgan fingerprint density at radius 1 is 0.982 bits per heavy atom. The molecule has 0 spiro atoms. The van der Waals surface area contributed by atoms with Gasteiger partial charge in [0.15, 0.2) is 5.65 Å². The van der Waals surface area contributed by atoms with Crippen LogP contribution in [-0.4, -0.2) is 75.8 Å². The predicted octanol–water partition coefficient (Wildman–Crippen LogP) is 7.07. The van der Waals surface area contributed by atoms with Crippen LogP contribution in [0, 0.1) is 25.7 Å². The number of rotatable bonds is 5. The first-order valence-corrected chi connectivity index (χ1v) is 20.1. The van der Waals surface area contributed by atoms with Crippen LogP contribution in [0.15, 0.2) is 65.7 Å². The number of halogens is 3. The van der Waals surface area contributed by atoms with Gasteiger partial charge in [0.05, 0.1) is 47.8 Å². The quantitative estimate of drug-likeness (QED) is 0.198. The van der Waals surface area contributed by atoms with Gasteiger partial charge < -0.3 is 18.9 Å². The monoisotopic (exact) mass is 789 g/mol. The first-order valence-electron chi connectivity index (χ1n) is 18.6. The Bertz CT molecular complexity index is 2450. The fourth-order valence-electron chi connectivity index (χ4n) is 8.25. The Morgan fingerprint density at radius 3 is 2.41 bits per heavy atom. The van der Waals surface area contributed by atoms with Crippen molar-refractivity contribution in [3.8, 4) is 17.1 Å². The van der Waals surface area contributed by atoms with E-state index in [9.17, 15) is 21.6 Å². The van der Waals surface area contributed by atoms with Gasteiger partial charge >= 0.3 is 6.18 Å². The number of hydrogen-bond donors (Lipinski definition) is 1. The second-order valence-corrected chi connectivity index (χ2v) is 17.2. The maximum Gasteiger partial charge on any atom is 0.399 e. The highest BCUT2D eigenvalue weighted by Gasteiger charge is 2.65. The van der Waals surface area contributed by atoms with Gasteiger partial charge in [-0.15, -0.1) is 0 Å². The lowest BCUT2D eigenvalue weighted by Gasteiger charge is -2.38. The molecule has 12 nitrogen and oxygen atoms in total. The van der Waals surface area contributed by atoms with Gasteiger partial charge in [0, 0.05) is 35.9 Å². The van der Waals surface area contributed by atoms with Crippen LogP contribution >= 0.6 is 0 Å². The van der Waals surface area contributed by atoms with Crippen molar-refractivity contribution in [3.05, 3.63) is 88.9 Å². The third-order valence-corrected chi connectivity index (χ3v) is 12.5. The second-order valence-electron chi connectivity index (χ2n) is 15.5. The maximum absolute atomic E-state index is 15.0. The third kappa shape index (κ3) is 6.65. The zero-order valence-electron chi connectivity index (χ0n) is 31.6. The number of amides is 1. The zero-order valence-corrected chi connectivity index (χ0v) is 32.4. The molecular formula is C40H42F3N7O5S. The summed E-state index contributed by atoms with van der Waals surface area (Å²) in [6, 6.07) is 13.1. The number of hydrogen-bond acceptors (Lipinski definition) is 9. The van der Waals surface area contributed by atoms with E-state index in [-0.39, 0.29) is 78.1 Å². The van der Waals surface area contributed by atoms with Gasteiger partial charge in [-0.2, -0.15) is 18.2 Å². The van der Waals surface area contributed by atoms with Gasteiger partial charge in [0.1, 0.15) is 17.5 Å². The third-order valence-electron chi connectivity index (χ3n) is 11.2. The summed E-state index contributed by atoms with van der Waals surface area (Å²) in [6.07, 6.45) is -2.35. The van der Waals surface area contributed by atoms with E-state index in [1.165, 1.54) is 35.0 Å². The Labute approximate surface area is 322 Å². The maximum atomic E-state index is 15.0. The van der Waals surface area contributed by atoms with Crippen LogP contribution in [0.25, 0.3) is 22.4 Å². The lowest BCUT2D eigenvalue weighted by Crippen LogP contribution is -2.50. The van der Waals surface area contributed by atoms with Crippen molar-refractivity contribution >= 4 is 33.0 Å². The van der Waals surface area contributed by atoms with Gasteiger partial charge in [-0.25, -0.2) is 23.1 Å². The van der Waals surface area contributed by atoms with Crippen molar-refractivity contribution in [2.45, 2.75) is 75.5 Å². The molecule has 1 saturated heterocycles. The number of aryl methyl sites for hydroxylation is 3. The fraction of sp³-hybridized carbons (Fsp3) is 0.425. The van der Waals surface area contributed by atoms with Crippen molar-refractivity contribution in [2.24, 2.45) is 18.9 Å². The summed E-state index contributed by atoms with van der Waals surface area (Å²) < 4.78 is 87.2. The highest BCUT2D eigenvalue weighted by molar-refractivity contribution is 7.92. The minimum Gasteiger partial charge on any atom is -0.475 e. The molecule has 8 rings (SSSR count). The standard InChI is InChI=1S/C40H42F3N7O5S/c1-22(2)14-26-19-54-20-32(30-18-44-29-16-33(49(5)36(29)45-30)39(12-13-39)40(41,42)43)50-31(26)21-55-34-17-28(35-23(3)8-6-9-24(35)4)46-38(47-34)48-56(52,53)27-11-7-10-25(15-27)37(50)51/h6-11,15-18,22,26,31-32H,12-14,19-21H2,1-5H3,(H,46,47,48)/t26-,31+,32-/m1/s1. The number of alkyl halides is 3. The highest BCUT2D eigenvalue weighted by Crippen LogP contribution is 2.59. The van der Waals surface area contributed by atoms with Crippen LogP contribution in [-0.2, 0) is 27.2 Å². The fourth-order valence-corrected chi connectivity index (χ4v) is 9.24. The van der Waals surface area contributed by atoms with E-state index in [4.69, 9.17) is 14.5 Å². The first kappa shape index (κ1) is 37.8. The van der Waals surface area contributed by atoms with Crippen LogP contribution in [0.2, 0.25) is 0 Å². The number of fused-ring (bicyclic) bond motifs is 6. The molecule has 5 aromatic rings. The van der Waals surface area contributed by atoms with E-state index < -0.39 is 39.6 Å². The van der Waals surface area contributed by atoms with E-state index in [0.717, 1.165) is 16.7 Å². The summed E-state index contributed by atoms with van der Waals surface area (Å²) in [4.78, 5) is 35.0. The molecule has 3 atom stereocenters. The van der Waals surface area contributed by atoms with Gasteiger partial charge in [-0.3, -0.25) is 9.78 Å². The Hall–Kier alpha value is -5.09. The molecule has 3 aliphatic rings. The molecule has 5 heterocycles. The number of carbonyl (C=O) groups is 1. The number of carbonyl (C=O) groups excluding carboxylic acids is 1. The number of anilines is 1. The SMILES string of the molecule is Cc1cccc(C)c1-c1cc2nc(n1)NS(=O)(=O)c1cccc(c1)C(=O)N1[C@@H](c3cnc4cc(C5(C(F)(F)F)CC5)n(C)c4n3)COC[C@@H](CC(C)C)[C@@H]1CO2. The average Bonchev–Trinajstić information content (AvgIpc) is 3.92. The molecule has 2 aliphatic heterocycles. The first-order chi connectivity index (χ1) is 26.6. The molecule has 294 valence electrons. The topological polar surface area (TPSA) is 141 Å². The zero-order chi connectivity index (χ0) is 39.7.